The van der Waals surface area contributed by atoms with Gasteiger partial charge in [0.2, 0.25) is 0 Å². The minimum Gasteiger partial charge on any atom is -0.435 e. The molecule has 0 aromatic heterocycles. The summed E-state index contributed by atoms with van der Waals surface area (Å²) in [4.78, 5) is 0. The average molecular weight is 273 g/mol. The lowest BCUT2D eigenvalue weighted by atomic mass is 10.1. The topological polar surface area (TPSA) is 30.5 Å². The van der Waals surface area contributed by atoms with E-state index in [1.165, 1.54) is 0 Å². The Kier molecular flexibility index (Phi) is 7.36. The molecule has 0 radical (unpaired) electrons. The van der Waals surface area contributed by atoms with Crippen LogP contribution in [-0.2, 0) is 4.74 Å². The van der Waals surface area contributed by atoms with Crippen molar-refractivity contribution in [3.05, 3.63) is 29.8 Å². The predicted molar refractivity (Wildman–Crippen MR) is 70.6 cm³/mol. The zero-order valence-electron chi connectivity index (χ0n) is 11.4. The van der Waals surface area contributed by atoms with Crippen LogP contribution >= 0.6 is 0 Å². The van der Waals surface area contributed by atoms with Crippen LogP contribution in [0, 0.1) is 0 Å². The summed E-state index contributed by atoms with van der Waals surface area (Å²) in [6.45, 7) is 3.33. The first-order valence-electron chi connectivity index (χ1n) is 6.53. The molecular weight excluding hydrogens is 252 g/mol. The van der Waals surface area contributed by atoms with Crippen molar-refractivity contribution in [1.29, 1.82) is 0 Å². The molecule has 0 aliphatic heterocycles. The van der Waals surface area contributed by atoms with Gasteiger partial charge in [0.25, 0.3) is 0 Å². The SMILES string of the molecule is CCCNC(COCC)c1ccc(OC(F)F)cc1. The van der Waals surface area contributed by atoms with Gasteiger partial charge in [0, 0.05) is 6.61 Å². The van der Waals surface area contributed by atoms with E-state index in [1.807, 2.05) is 6.92 Å². The molecule has 0 fully saturated rings. The van der Waals surface area contributed by atoms with Gasteiger partial charge in [-0.15, -0.1) is 0 Å². The lowest BCUT2D eigenvalue weighted by molar-refractivity contribution is -0.0498. The highest BCUT2D eigenvalue weighted by atomic mass is 19.3. The van der Waals surface area contributed by atoms with E-state index >= 15 is 0 Å². The zero-order chi connectivity index (χ0) is 14.1. The predicted octanol–water partition coefficient (Wildman–Crippen LogP) is 3.37. The maximum atomic E-state index is 12.1. The number of hydrogen-bond acceptors (Lipinski definition) is 3. The van der Waals surface area contributed by atoms with Gasteiger partial charge in [-0.2, -0.15) is 8.78 Å². The van der Waals surface area contributed by atoms with Crippen molar-refractivity contribution in [3.8, 4) is 5.75 Å². The molecule has 1 N–H and O–H groups in total. The molecule has 0 amide bonds. The Bertz CT molecular complexity index is 336. The monoisotopic (exact) mass is 273 g/mol. The highest BCUT2D eigenvalue weighted by molar-refractivity contribution is 5.29. The van der Waals surface area contributed by atoms with Gasteiger partial charge in [-0.05, 0) is 37.6 Å². The summed E-state index contributed by atoms with van der Waals surface area (Å²) in [5.74, 6) is 0.171. The number of alkyl halides is 2. The first-order valence-corrected chi connectivity index (χ1v) is 6.53. The summed E-state index contributed by atoms with van der Waals surface area (Å²) in [5, 5.41) is 3.37. The van der Waals surface area contributed by atoms with Gasteiger partial charge < -0.3 is 14.8 Å². The Balaban J connectivity index is 2.66. The zero-order valence-corrected chi connectivity index (χ0v) is 11.4. The van der Waals surface area contributed by atoms with Crippen LogP contribution < -0.4 is 10.1 Å². The molecule has 1 atom stereocenters. The molecule has 0 bridgehead atoms. The normalized spacial score (nSPS) is 12.7. The van der Waals surface area contributed by atoms with E-state index in [9.17, 15) is 8.78 Å². The Morgan fingerprint density at radius 3 is 2.37 bits per heavy atom. The van der Waals surface area contributed by atoms with E-state index in [-0.39, 0.29) is 11.8 Å². The van der Waals surface area contributed by atoms with E-state index in [0.717, 1.165) is 18.5 Å². The second kappa shape index (κ2) is 8.82. The smallest absolute Gasteiger partial charge is 0.387 e. The molecule has 108 valence electrons. The third kappa shape index (κ3) is 5.98. The molecule has 0 saturated carbocycles. The minimum atomic E-state index is -2.79. The third-order valence-corrected chi connectivity index (χ3v) is 2.64. The van der Waals surface area contributed by atoms with Gasteiger partial charge in [-0.1, -0.05) is 19.1 Å². The first kappa shape index (κ1) is 15.9. The lowest BCUT2D eigenvalue weighted by Gasteiger charge is -2.19. The largest absolute Gasteiger partial charge is 0.435 e. The van der Waals surface area contributed by atoms with E-state index in [4.69, 9.17) is 4.74 Å². The van der Waals surface area contributed by atoms with Crippen LogP contribution in [0.1, 0.15) is 31.9 Å². The van der Waals surface area contributed by atoms with Crippen LogP contribution in [0.15, 0.2) is 24.3 Å². The maximum absolute atomic E-state index is 12.1. The van der Waals surface area contributed by atoms with E-state index in [1.54, 1.807) is 24.3 Å². The molecular formula is C14H21F2NO2. The molecule has 1 aromatic carbocycles. The third-order valence-electron chi connectivity index (χ3n) is 2.64. The number of nitrogens with one attached hydrogen (secondary N) is 1. The van der Waals surface area contributed by atoms with Gasteiger partial charge in [0.05, 0.1) is 12.6 Å². The van der Waals surface area contributed by atoms with E-state index in [2.05, 4.69) is 17.0 Å². The highest BCUT2D eigenvalue weighted by Crippen LogP contribution is 2.19. The van der Waals surface area contributed by atoms with Crippen molar-refractivity contribution in [2.45, 2.75) is 32.9 Å². The summed E-state index contributed by atoms with van der Waals surface area (Å²) in [6, 6.07) is 6.73. The Morgan fingerprint density at radius 1 is 1.16 bits per heavy atom. The summed E-state index contributed by atoms with van der Waals surface area (Å²) in [5.41, 5.74) is 1.00. The van der Waals surface area contributed by atoms with Gasteiger partial charge in [-0.25, -0.2) is 0 Å². The molecule has 1 unspecified atom stereocenters. The Labute approximate surface area is 112 Å². The van der Waals surface area contributed by atoms with Gasteiger partial charge in [-0.3, -0.25) is 0 Å². The molecule has 0 saturated heterocycles. The van der Waals surface area contributed by atoms with Crippen molar-refractivity contribution in [2.24, 2.45) is 0 Å². The van der Waals surface area contributed by atoms with Crippen molar-refractivity contribution in [2.75, 3.05) is 19.8 Å². The first-order chi connectivity index (χ1) is 9.17. The molecule has 5 heteroatoms. The molecule has 0 spiro atoms. The lowest BCUT2D eigenvalue weighted by Crippen LogP contribution is -2.26. The Morgan fingerprint density at radius 2 is 1.84 bits per heavy atom. The Hall–Kier alpha value is -1.20. The van der Waals surface area contributed by atoms with Gasteiger partial charge >= 0.3 is 6.61 Å². The summed E-state index contributed by atoms with van der Waals surface area (Å²) >= 11 is 0. The number of benzene rings is 1. The van der Waals surface area contributed by atoms with Crippen LogP contribution in [0.2, 0.25) is 0 Å². The van der Waals surface area contributed by atoms with Crippen LogP contribution in [0.5, 0.6) is 5.75 Å². The fraction of sp³-hybridized carbons (Fsp3) is 0.571. The maximum Gasteiger partial charge on any atom is 0.387 e. The number of ether oxygens (including phenoxy) is 2. The molecule has 0 aliphatic carbocycles. The number of rotatable bonds is 9. The van der Waals surface area contributed by atoms with Crippen LogP contribution in [0.25, 0.3) is 0 Å². The standard InChI is InChI=1S/C14H21F2NO2/c1-3-9-17-13(10-18-4-2)11-5-7-12(8-6-11)19-14(15)16/h5-8,13-14,17H,3-4,9-10H2,1-2H3. The van der Waals surface area contributed by atoms with Crippen LogP contribution in [-0.4, -0.2) is 26.4 Å². The highest BCUT2D eigenvalue weighted by Gasteiger charge is 2.11. The van der Waals surface area contributed by atoms with Crippen molar-refractivity contribution < 1.29 is 18.3 Å². The van der Waals surface area contributed by atoms with E-state index in [0.29, 0.717) is 13.2 Å². The molecule has 1 rings (SSSR count). The quantitative estimate of drug-likeness (QED) is 0.748. The second-order valence-corrected chi connectivity index (χ2v) is 4.11. The van der Waals surface area contributed by atoms with Crippen LogP contribution in [0.4, 0.5) is 8.78 Å². The molecule has 0 aliphatic rings. The second-order valence-electron chi connectivity index (χ2n) is 4.11. The number of halogens is 2. The summed E-state index contributed by atoms with van der Waals surface area (Å²) < 4.78 is 33.9. The summed E-state index contributed by atoms with van der Waals surface area (Å²) in [7, 11) is 0. The molecule has 3 nitrogen and oxygen atoms in total. The average Bonchev–Trinajstić information content (AvgIpc) is 2.39. The van der Waals surface area contributed by atoms with Crippen molar-refractivity contribution in [1.82, 2.24) is 5.32 Å². The fourth-order valence-corrected chi connectivity index (χ4v) is 1.71. The van der Waals surface area contributed by atoms with Crippen LogP contribution in [0.3, 0.4) is 0 Å². The number of hydrogen-bond donors (Lipinski definition) is 1. The van der Waals surface area contributed by atoms with Gasteiger partial charge in [0.15, 0.2) is 0 Å². The van der Waals surface area contributed by atoms with Crippen molar-refractivity contribution >= 4 is 0 Å². The molecule has 1 aromatic rings. The molecule has 0 heterocycles. The fourth-order valence-electron chi connectivity index (χ4n) is 1.71. The molecule has 19 heavy (non-hydrogen) atoms. The minimum absolute atomic E-state index is 0.0699. The van der Waals surface area contributed by atoms with Gasteiger partial charge in [0.1, 0.15) is 5.75 Å². The van der Waals surface area contributed by atoms with Crippen molar-refractivity contribution in [3.63, 3.8) is 0 Å². The van der Waals surface area contributed by atoms with E-state index < -0.39 is 6.61 Å². The summed E-state index contributed by atoms with van der Waals surface area (Å²) in [6.07, 6.45) is 1.02.